The third kappa shape index (κ3) is 4.51. The van der Waals surface area contributed by atoms with Crippen molar-refractivity contribution in [3.63, 3.8) is 0 Å². The van der Waals surface area contributed by atoms with Gasteiger partial charge in [-0.15, -0.1) is 0 Å². The summed E-state index contributed by atoms with van der Waals surface area (Å²) in [7, 11) is 0. The Bertz CT molecular complexity index is 1530. The summed E-state index contributed by atoms with van der Waals surface area (Å²) in [6, 6.07) is 35.2. The second-order valence-corrected chi connectivity index (χ2v) is 9.36. The topological polar surface area (TPSA) is 44.7 Å². The van der Waals surface area contributed by atoms with Gasteiger partial charge in [-0.3, -0.25) is 9.69 Å². The number of carbonyl (C=O) groups is 1. The van der Waals surface area contributed by atoms with Gasteiger partial charge in [0.1, 0.15) is 0 Å². The lowest BCUT2D eigenvalue weighted by Gasteiger charge is -2.28. The Labute approximate surface area is 210 Å². The Morgan fingerprint density at radius 1 is 0.806 bits per heavy atom. The molecule has 1 amide bonds. The van der Waals surface area contributed by atoms with Crippen molar-refractivity contribution in [2.24, 2.45) is 5.10 Å². The summed E-state index contributed by atoms with van der Waals surface area (Å²) in [6.07, 6.45) is 2.84. The van der Waals surface area contributed by atoms with E-state index in [-0.39, 0.29) is 5.91 Å². The van der Waals surface area contributed by atoms with Crippen LogP contribution >= 0.6 is 0 Å². The Balaban J connectivity index is 1.14. The Kier molecular flexibility index (Phi) is 6.02. The zero-order chi connectivity index (χ0) is 24.3. The predicted octanol–water partition coefficient (Wildman–Crippen LogP) is 6.32. The lowest BCUT2D eigenvalue weighted by molar-refractivity contribution is 0.0955. The second kappa shape index (κ2) is 9.76. The first-order valence-corrected chi connectivity index (χ1v) is 12.4. The standard InChI is InChI=1S/C32H27N3O/c36-32(25-15-13-23(14-16-25)21-35-18-17-24-7-1-2-10-28(24)22-35)34-33-20-31-29-11-5-3-8-26(29)19-27-9-4-6-12-30(27)31/h1-16,19-20H,17-18,21-22H2,(H,34,36)/b33-20-. The number of hydrogen-bond donors (Lipinski definition) is 1. The van der Waals surface area contributed by atoms with E-state index in [9.17, 15) is 4.79 Å². The van der Waals surface area contributed by atoms with Crippen LogP contribution in [0.1, 0.15) is 32.6 Å². The average Bonchev–Trinajstić information content (AvgIpc) is 2.93. The van der Waals surface area contributed by atoms with Crippen LogP contribution in [0.15, 0.2) is 108 Å². The van der Waals surface area contributed by atoms with Crippen LogP contribution in [0.4, 0.5) is 0 Å². The molecule has 176 valence electrons. The van der Waals surface area contributed by atoms with Gasteiger partial charge in [-0.2, -0.15) is 5.10 Å². The third-order valence-electron chi connectivity index (χ3n) is 7.00. The summed E-state index contributed by atoms with van der Waals surface area (Å²) in [4.78, 5) is 15.2. The number of fused-ring (bicyclic) bond motifs is 3. The number of hydrogen-bond acceptors (Lipinski definition) is 3. The highest BCUT2D eigenvalue weighted by atomic mass is 16.2. The zero-order valence-electron chi connectivity index (χ0n) is 20.0. The molecule has 1 aliphatic rings. The van der Waals surface area contributed by atoms with Crippen LogP contribution in [-0.2, 0) is 19.5 Å². The van der Waals surface area contributed by atoms with E-state index < -0.39 is 0 Å². The molecular weight excluding hydrogens is 442 g/mol. The van der Waals surface area contributed by atoms with Crippen molar-refractivity contribution in [1.82, 2.24) is 10.3 Å². The van der Waals surface area contributed by atoms with Gasteiger partial charge in [0.2, 0.25) is 0 Å². The van der Waals surface area contributed by atoms with E-state index in [1.807, 2.05) is 48.5 Å². The molecule has 4 heteroatoms. The van der Waals surface area contributed by atoms with E-state index in [1.54, 1.807) is 6.21 Å². The van der Waals surface area contributed by atoms with Crippen molar-refractivity contribution in [1.29, 1.82) is 0 Å². The first kappa shape index (κ1) is 22.2. The van der Waals surface area contributed by atoms with E-state index in [1.165, 1.54) is 16.7 Å². The predicted molar refractivity (Wildman–Crippen MR) is 147 cm³/mol. The fraction of sp³-hybridized carbons (Fsp3) is 0.125. The fourth-order valence-corrected chi connectivity index (χ4v) is 5.12. The van der Waals surface area contributed by atoms with Gasteiger partial charge in [0.05, 0.1) is 6.21 Å². The second-order valence-electron chi connectivity index (χ2n) is 9.36. The molecule has 1 aliphatic heterocycles. The summed E-state index contributed by atoms with van der Waals surface area (Å²) in [6.45, 7) is 2.90. The van der Waals surface area contributed by atoms with E-state index >= 15 is 0 Å². The van der Waals surface area contributed by atoms with Gasteiger partial charge in [0, 0.05) is 30.8 Å². The van der Waals surface area contributed by atoms with Gasteiger partial charge in [-0.1, -0.05) is 84.9 Å². The monoisotopic (exact) mass is 469 g/mol. The highest BCUT2D eigenvalue weighted by Gasteiger charge is 2.16. The molecule has 0 bridgehead atoms. The molecule has 0 radical (unpaired) electrons. The van der Waals surface area contributed by atoms with Crippen molar-refractivity contribution >= 4 is 33.7 Å². The molecule has 0 aromatic heterocycles. The number of benzene rings is 5. The molecule has 4 nitrogen and oxygen atoms in total. The summed E-state index contributed by atoms with van der Waals surface area (Å²) in [5.74, 6) is -0.214. The van der Waals surface area contributed by atoms with E-state index in [4.69, 9.17) is 0 Å². The summed E-state index contributed by atoms with van der Waals surface area (Å²) >= 11 is 0. The normalized spacial score (nSPS) is 13.8. The quantitative estimate of drug-likeness (QED) is 0.186. The fourth-order valence-electron chi connectivity index (χ4n) is 5.12. The summed E-state index contributed by atoms with van der Waals surface area (Å²) in [5, 5.41) is 8.84. The molecule has 0 fully saturated rings. The molecule has 36 heavy (non-hydrogen) atoms. The minimum absolute atomic E-state index is 0.214. The van der Waals surface area contributed by atoms with Crippen molar-refractivity contribution in [2.45, 2.75) is 19.5 Å². The molecule has 5 aromatic carbocycles. The van der Waals surface area contributed by atoms with Crippen molar-refractivity contribution in [2.75, 3.05) is 6.54 Å². The van der Waals surface area contributed by atoms with Crippen LogP contribution in [0.2, 0.25) is 0 Å². The maximum absolute atomic E-state index is 12.8. The van der Waals surface area contributed by atoms with Crippen LogP contribution in [0.3, 0.4) is 0 Å². The number of nitrogens with zero attached hydrogens (tertiary/aromatic N) is 2. The van der Waals surface area contributed by atoms with Gasteiger partial charge in [0.25, 0.3) is 5.91 Å². The van der Waals surface area contributed by atoms with Gasteiger partial charge < -0.3 is 0 Å². The zero-order valence-corrected chi connectivity index (χ0v) is 20.0. The van der Waals surface area contributed by atoms with Gasteiger partial charge in [-0.05, 0) is 62.9 Å². The van der Waals surface area contributed by atoms with E-state index in [0.717, 1.165) is 53.2 Å². The smallest absolute Gasteiger partial charge is 0.271 e. The summed E-state index contributed by atoms with van der Waals surface area (Å²) < 4.78 is 0. The first-order chi connectivity index (χ1) is 17.7. The van der Waals surface area contributed by atoms with Crippen molar-refractivity contribution in [3.8, 4) is 0 Å². The molecule has 1 N–H and O–H groups in total. The number of rotatable bonds is 5. The number of carbonyl (C=O) groups excluding carboxylic acids is 1. The summed E-state index contributed by atoms with van der Waals surface area (Å²) in [5.41, 5.74) is 8.39. The maximum atomic E-state index is 12.8. The van der Waals surface area contributed by atoms with Gasteiger partial charge in [0.15, 0.2) is 0 Å². The molecule has 1 heterocycles. The Hall–Kier alpha value is -4.28. The largest absolute Gasteiger partial charge is 0.294 e. The third-order valence-corrected chi connectivity index (χ3v) is 7.00. The number of amides is 1. The van der Waals surface area contributed by atoms with Crippen LogP contribution in [0.25, 0.3) is 21.5 Å². The van der Waals surface area contributed by atoms with Crippen LogP contribution in [0, 0.1) is 0 Å². The van der Waals surface area contributed by atoms with Gasteiger partial charge >= 0.3 is 0 Å². The van der Waals surface area contributed by atoms with Crippen molar-refractivity contribution in [3.05, 3.63) is 131 Å². The number of hydrazone groups is 1. The number of nitrogens with one attached hydrogen (secondary N) is 1. The van der Waals surface area contributed by atoms with Crippen molar-refractivity contribution < 1.29 is 4.79 Å². The molecule has 0 aliphatic carbocycles. The molecule has 0 saturated heterocycles. The van der Waals surface area contributed by atoms with Crippen LogP contribution in [0.5, 0.6) is 0 Å². The highest BCUT2D eigenvalue weighted by molar-refractivity contribution is 6.13. The molecule has 0 saturated carbocycles. The molecule has 6 rings (SSSR count). The van der Waals surface area contributed by atoms with Crippen LogP contribution < -0.4 is 5.43 Å². The van der Waals surface area contributed by atoms with E-state index in [0.29, 0.717) is 5.56 Å². The lowest BCUT2D eigenvalue weighted by Crippen LogP contribution is -2.30. The minimum Gasteiger partial charge on any atom is -0.294 e. The van der Waals surface area contributed by atoms with Crippen LogP contribution in [-0.4, -0.2) is 23.6 Å². The molecular formula is C32H27N3O. The Morgan fingerprint density at radius 3 is 2.17 bits per heavy atom. The SMILES string of the molecule is O=C(N/N=C\c1c2ccccc2cc2ccccc12)c1ccc(CN2CCc3ccccc3C2)cc1. The van der Waals surface area contributed by atoms with E-state index in [2.05, 4.69) is 70.0 Å². The lowest BCUT2D eigenvalue weighted by atomic mass is 9.97. The molecule has 0 unspecified atom stereocenters. The minimum atomic E-state index is -0.214. The van der Waals surface area contributed by atoms with Gasteiger partial charge in [-0.25, -0.2) is 5.43 Å². The Morgan fingerprint density at radius 2 is 1.44 bits per heavy atom. The molecule has 5 aromatic rings. The maximum Gasteiger partial charge on any atom is 0.271 e. The molecule has 0 atom stereocenters. The average molecular weight is 470 g/mol. The molecule has 0 spiro atoms. The first-order valence-electron chi connectivity index (χ1n) is 12.4. The highest BCUT2D eigenvalue weighted by Crippen LogP contribution is 2.27.